The molecule has 1 aliphatic heterocycles. The maximum Gasteiger partial charge on any atom is 0.409 e. The third kappa shape index (κ3) is 4.96. The van der Waals surface area contributed by atoms with Gasteiger partial charge in [-0.25, -0.2) is 9.59 Å². The molecule has 1 aliphatic rings. The third-order valence-corrected chi connectivity index (χ3v) is 5.92. The van der Waals surface area contributed by atoms with E-state index in [2.05, 4.69) is 0 Å². The Hall–Kier alpha value is -2.94. The van der Waals surface area contributed by atoms with E-state index >= 15 is 0 Å². The molecule has 8 nitrogen and oxygen atoms in total. The van der Waals surface area contributed by atoms with Gasteiger partial charge in [0.15, 0.2) is 0 Å². The second-order valence-corrected chi connectivity index (χ2v) is 7.65. The van der Waals surface area contributed by atoms with Crippen molar-refractivity contribution < 1.29 is 28.3 Å². The van der Waals surface area contributed by atoms with Gasteiger partial charge >= 0.3 is 12.1 Å². The van der Waals surface area contributed by atoms with E-state index in [1.54, 1.807) is 21.9 Å². The normalized spacial score (nSPS) is 14.2. The summed E-state index contributed by atoms with van der Waals surface area (Å²) in [5, 5.41) is 0. The maximum atomic E-state index is 13.2. The van der Waals surface area contributed by atoms with Gasteiger partial charge < -0.3 is 23.7 Å². The van der Waals surface area contributed by atoms with Crippen LogP contribution < -0.4 is 0 Å². The lowest BCUT2D eigenvalue weighted by Crippen LogP contribution is -2.37. The largest absolute Gasteiger partial charge is 0.468 e. The lowest BCUT2D eigenvalue weighted by molar-refractivity contribution is 0.0598. The number of methoxy groups -OCH3 is 2. The standard InChI is InChI=1S/C21H24N2O6S/c1-27-20(25)15-8-13-29-17(15)14-30-18-7-4-3-6-16(18)19(24)22-9-5-10-23(12-11-22)21(26)28-2/h3-4,6-8,13H,5,9-12,14H2,1-2H3. The van der Waals surface area contributed by atoms with Gasteiger partial charge in [0.1, 0.15) is 11.3 Å². The summed E-state index contributed by atoms with van der Waals surface area (Å²) < 4.78 is 15.0. The van der Waals surface area contributed by atoms with Crippen LogP contribution in [0.1, 0.15) is 32.9 Å². The smallest absolute Gasteiger partial charge is 0.409 e. The second-order valence-electron chi connectivity index (χ2n) is 6.64. The van der Waals surface area contributed by atoms with E-state index < -0.39 is 5.97 Å². The zero-order chi connectivity index (χ0) is 21.5. The number of nitrogens with zero attached hydrogens (tertiary/aromatic N) is 2. The Bertz CT molecular complexity index is 912. The first-order valence-electron chi connectivity index (χ1n) is 9.53. The van der Waals surface area contributed by atoms with Crippen LogP contribution in [0.5, 0.6) is 0 Å². The van der Waals surface area contributed by atoms with Gasteiger partial charge in [0.2, 0.25) is 0 Å². The minimum atomic E-state index is -0.455. The van der Waals surface area contributed by atoms with Crippen molar-refractivity contribution in [2.45, 2.75) is 17.1 Å². The number of esters is 1. The van der Waals surface area contributed by atoms with Gasteiger partial charge in [0.25, 0.3) is 5.91 Å². The molecular formula is C21H24N2O6S. The molecule has 3 rings (SSSR count). The summed E-state index contributed by atoms with van der Waals surface area (Å²) in [6.45, 7) is 2.00. The van der Waals surface area contributed by atoms with Crippen molar-refractivity contribution in [2.24, 2.45) is 0 Å². The van der Waals surface area contributed by atoms with Gasteiger partial charge in [-0.2, -0.15) is 0 Å². The topological polar surface area (TPSA) is 89.3 Å². The van der Waals surface area contributed by atoms with Crippen LogP contribution in [-0.4, -0.2) is 68.2 Å². The summed E-state index contributed by atoms with van der Waals surface area (Å²) in [6, 6.07) is 8.92. The number of carbonyl (C=O) groups excluding carboxylic acids is 3. The van der Waals surface area contributed by atoms with Crippen LogP contribution >= 0.6 is 11.8 Å². The zero-order valence-corrected chi connectivity index (χ0v) is 17.8. The minimum Gasteiger partial charge on any atom is -0.468 e. The molecule has 1 aromatic heterocycles. The molecule has 1 aromatic carbocycles. The van der Waals surface area contributed by atoms with Crippen LogP contribution in [-0.2, 0) is 15.2 Å². The molecular weight excluding hydrogens is 408 g/mol. The monoisotopic (exact) mass is 432 g/mol. The number of hydrogen-bond donors (Lipinski definition) is 0. The van der Waals surface area contributed by atoms with Crippen molar-refractivity contribution in [1.82, 2.24) is 9.80 Å². The molecule has 160 valence electrons. The highest BCUT2D eigenvalue weighted by atomic mass is 32.2. The summed E-state index contributed by atoms with van der Waals surface area (Å²) in [5.74, 6) is 0.344. The molecule has 0 radical (unpaired) electrons. The first-order chi connectivity index (χ1) is 14.5. The molecule has 30 heavy (non-hydrogen) atoms. The molecule has 2 aromatic rings. The van der Waals surface area contributed by atoms with E-state index in [9.17, 15) is 14.4 Å². The van der Waals surface area contributed by atoms with Crippen LogP contribution in [0, 0.1) is 0 Å². The number of thioether (sulfide) groups is 1. The molecule has 1 saturated heterocycles. The average molecular weight is 432 g/mol. The minimum absolute atomic E-state index is 0.0857. The van der Waals surface area contributed by atoms with Gasteiger partial charge in [-0.3, -0.25) is 4.79 Å². The fourth-order valence-corrected chi connectivity index (χ4v) is 4.26. The van der Waals surface area contributed by atoms with Crippen LogP contribution in [0.2, 0.25) is 0 Å². The maximum absolute atomic E-state index is 13.2. The van der Waals surface area contributed by atoms with E-state index in [1.165, 1.54) is 32.2 Å². The van der Waals surface area contributed by atoms with E-state index in [1.807, 2.05) is 18.2 Å². The number of carbonyl (C=O) groups is 3. The number of furan rings is 1. The Morgan fingerprint density at radius 3 is 2.47 bits per heavy atom. The summed E-state index contributed by atoms with van der Waals surface area (Å²) in [7, 11) is 2.68. The van der Waals surface area contributed by atoms with Gasteiger partial charge in [0.05, 0.1) is 31.8 Å². The van der Waals surface area contributed by atoms with E-state index in [-0.39, 0.29) is 12.0 Å². The predicted molar refractivity (Wildman–Crippen MR) is 111 cm³/mol. The Labute approximate surface area is 179 Å². The first-order valence-corrected chi connectivity index (χ1v) is 10.5. The van der Waals surface area contributed by atoms with Gasteiger partial charge in [0, 0.05) is 31.1 Å². The van der Waals surface area contributed by atoms with Gasteiger partial charge in [-0.1, -0.05) is 12.1 Å². The van der Waals surface area contributed by atoms with Crippen LogP contribution in [0.3, 0.4) is 0 Å². The van der Waals surface area contributed by atoms with Gasteiger partial charge in [-0.05, 0) is 24.6 Å². The summed E-state index contributed by atoms with van der Waals surface area (Å²) in [6.07, 6.45) is 1.76. The van der Waals surface area contributed by atoms with Crippen molar-refractivity contribution in [3.05, 3.63) is 53.5 Å². The van der Waals surface area contributed by atoms with Crippen molar-refractivity contribution in [1.29, 1.82) is 0 Å². The quantitative estimate of drug-likeness (QED) is 0.529. The first kappa shape index (κ1) is 21.8. The van der Waals surface area contributed by atoms with Crippen LogP contribution in [0.15, 0.2) is 45.9 Å². The van der Waals surface area contributed by atoms with Crippen molar-refractivity contribution in [3.8, 4) is 0 Å². The molecule has 0 unspecified atom stereocenters. The van der Waals surface area contributed by atoms with Gasteiger partial charge in [-0.15, -0.1) is 11.8 Å². The SMILES string of the molecule is COC(=O)c1ccoc1CSc1ccccc1C(=O)N1CCCN(C(=O)OC)CC1. The molecule has 2 heterocycles. The van der Waals surface area contributed by atoms with E-state index in [4.69, 9.17) is 13.9 Å². The fourth-order valence-electron chi connectivity index (χ4n) is 3.26. The summed E-state index contributed by atoms with van der Waals surface area (Å²) >= 11 is 1.42. The molecule has 0 saturated carbocycles. The Kier molecular flexibility index (Phi) is 7.40. The number of hydrogen-bond acceptors (Lipinski definition) is 7. The summed E-state index contributed by atoms with van der Waals surface area (Å²) in [4.78, 5) is 40.9. The Morgan fingerprint density at radius 2 is 1.70 bits per heavy atom. The molecule has 0 spiro atoms. The number of ether oxygens (including phenoxy) is 2. The molecule has 0 N–H and O–H groups in total. The van der Waals surface area contributed by atoms with Crippen molar-refractivity contribution >= 4 is 29.7 Å². The fraction of sp³-hybridized carbons (Fsp3) is 0.381. The second kappa shape index (κ2) is 10.2. The lowest BCUT2D eigenvalue weighted by Gasteiger charge is -2.22. The molecule has 0 aliphatic carbocycles. The molecule has 2 amide bonds. The highest BCUT2D eigenvalue weighted by Crippen LogP contribution is 2.29. The highest BCUT2D eigenvalue weighted by molar-refractivity contribution is 7.98. The molecule has 0 atom stereocenters. The molecule has 1 fully saturated rings. The summed E-state index contributed by atoms with van der Waals surface area (Å²) in [5.41, 5.74) is 0.962. The highest BCUT2D eigenvalue weighted by Gasteiger charge is 2.25. The average Bonchev–Trinajstić information content (AvgIpc) is 3.11. The van der Waals surface area contributed by atoms with E-state index in [0.29, 0.717) is 55.2 Å². The zero-order valence-electron chi connectivity index (χ0n) is 17.0. The number of rotatable bonds is 5. The van der Waals surface area contributed by atoms with E-state index in [0.717, 1.165) is 4.90 Å². The predicted octanol–water partition coefficient (Wildman–Crippen LogP) is 3.27. The Balaban J connectivity index is 1.70. The Morgan fingerprint density at radius 1 is 0.967 bits per heavy atom. The molecule has 9 heteroatoms. The van der Waals surface area contributed by atoms with Crippen LogP contribution in [0.4, 0.5) is 4.79 Å². The number of amides is 2. The molecule has 0 bridgehead atoms. The van der Waals surface area contributed by atoms with Crippen molar-refractivity contribution in [2.75, 3.05) is 40.4 Å². The van der Waals surface area contributed by atoms with Crippen molar-refractivity contribution in [3.63, 3.8) is 0 Å². The number of benzene rings is 1. The van der Waals surface area contributed by atoms with Crippen LogP contribution in [0.25, 0.3) is 0 Å². The lowest BCUT2D eigenvalue weighted by atomic mass is 10.2. The third-order valence-electron chi connectivity index (χ3n) is 4.84.